The fourth-order valence-corrected chi connectivity index (χ4v) is 6.44. The first kappa shape index (κ1) is 27.5. The summed E-state index contributed by atoms with van der Waals surface area (Å²) in [6.45, 7) is 1.38. The van der Waals surface area contributed by atoms with Gasteiger partial charge in [0.1, 0.15) is 12.1 Å². The zero-order chi connectivity index (χ0) is 27.6. The molecule has 200 valence electrons. The average molecular weight is 558 g/mol. The first-order chi connectivity index (χ1) is 18.0. The lowest BCUT2D eigenvalue weighted by Crippen LogP contribution is -2.52. The minimum absolute atomic E-state index is 0.0832. The van der Waals surface area contributed by atoms with Crippen LogP contribution in [0.2, 0.25) is 5.02 Å². The summed E-state index contributed by atoms with van der Waals surface area (Å²) >= 11 is 6.03. The van der Waals surface area contributed by atoms with Gasteiger partial charge in [0.15, 0.2) is 0 Å². The largest absolute Gasteiger partial charge is 0.369 e. The second-order valence-electron chi connectivity index (χ2n) is 9.24. The number of sulfonamides is 1. The smallest absolute Gasteiger partial charge is 0.245 e. The molecule has 3 amide bonds. The number of nitrogens with two attached hydrogens (primary N) is 1. The third-order valence-electron chi connectivity index (χ3n) is 6.59. The second kappa shape index (κ2) is 11.1. The molecular weight excluding hydrogens is 530 g/mol. The maximum absolute atomic E-state index is 13.7. The van der Waals surface area contributed by atoms with Crippen molar-refractivity contribution in [3.05, 3.63) is 71.5 Å². The normalized spacial score (nSPS) is 16.7. The van der Waals surface area contributed by atoms with Crippen molar-refractivity contribution in [1.82, 2.24) is 19.1 Å². The van der Waals surface area contributed by atoms with E-state index >= 15 is 0 Å². The van der Waals surface area contributed by atoms with Crippen molar-refractivity contribution < 1.29 is 22.8 Å². The predicted molar refractivity (Wildman–Crippen MR) is 142 cm³/mol. The Morgan fingerprint density at radius 2 is 1.89 bits per heavy atom. The van der Waals surface area contributed by atoms with Gasteiger partial charge in [0, 0.05) is 37.6 Å². The Labute approximate surface area is 226 Å². The SMILES string of the molecule is C[C@@H](C(=O)N(C)Cc1cccnc1)N1CC[C@H](N(CC(N)=O)S(=O)(=O)c2ccc3cc(Cl)ccc3c2)C1=O. The highest BCUT2D eigenvalue weighted by molar-refractivity contribution is 7.89. The summed E-state index contributed by atoms with van der Waals surface area (Å²) < 4.78 is 28.2. The van der Waals surface area contributed by atoms with Crippen LogP contribution >= 0.6 is 11.6 Å². The Morgan fingerprint density at radius 1 is 1.18 bits per heavy atom. The molecule has 1 saturated heterocycles. The average Bonchev–Trinajstić information content (AvgIpc) is 3.26. The summed E-state index contributed by atoms with van der Waals surface area (Å²) in [6, 6.07) is 11.1. The summed E-state index contributed by atoms with van der Waals surface area (Å²) in [5.41, 5.74) is 6.22. The van der Waals surface area contributed by atoms with Crippen LogP contribution in [0.3, 0.4) is 0 Å². The van der Waals surface area contributed by atoms with Crippen LogP contribution in [0.5, 0.6) is 0 Å². The number of halogens is 1. The Morgan fingerprint density at radius 3 is 2.58 bits per heavy atom. The fraction of sp³-hybridized carbons (Fsp3) is 0.308. The van der Waals surface area contributed by atoms with E-state index < -0.39 is 40.5 Å². The van der Waals surface area contributed by atoms with E-state index in [2.05, 4.69) is 4.98 Å². The van der Waals surface area contributed by atoms with Gasteiger partial charge in [-0.05, 0) is 60.0 Å². The number of carbonyl (C=O) groups excluding carboxylic acids is 3. The maximum Gasteiger partial charge on any atom is 0.245 e. The summed E-state index contributed by atoms with van der Waals surface area (Å²) in [5.74, 6) is -1.76. The van der Waals surface area contributed by atoms with Gasteiger partial charge < -0.3 is 15.5 Å². The van der Waals surface area contributed by atoms with Crippen molar-refractivity contribution in [2.75, 3.05) is 20.1 Å². The van der Waals surface area contributed by atoms with Crippen molar-refractivity contribution in [2.24, 2.45) is 5.73 Å². The van der Waals surface area contributed by atoms with Gasteiger partial charge in [0.05, 0.1) is 11.4 Å². The molecule has 1 aliphatic heterocycles. The number of hydrogen-bond donors (Lipinski definition) is 1. The van der Waals surface area contributed by atoms with Gasteiger partial charge in [-0.1, -0.05) is 29.8 Å². The molecule has 1 fully saturated rings. The number of pyridine rings is 1. The van der Waals surface area contributed by atoms with Crippen LogP contribution in [0, 0.1) is 0 Å². The zero-order valence-electron chi connectivity index (χ0n) is 21.0. The molecule has 0 aliphatic carbocycles. The minimum atomic E-state index is -4.29. The van der Waals surface area contributed by atoms with Gasteiger partial charge in [-0.3, -0.25) is 19.4 Å². The van der Waals surface area contributed by atoms with E-state index in [-0.39, 0.29) is 23.8 Å². The molecule has 2 aromatic carbocycles. The summed E-state index contributed by atoms with van der Waals surface area (Å²) in [5, 5.41) is 1.88. The number of hydrogen-bond acceptors (Lipinski definition) is 6. The summed E-state index contributed by atoms with van der Waals surface area (Å²) in [6.07, 6.45) is 3.40. The number of carbonyl (C=O) groups is 3. The molecule has 4 rings (SSSR count). The number of benzene rings is 2. The number of aromatic nitrogens is 1. The van der Waals surface area contributed by atoms with E-state index in [1.807, 2.05) is 6.07 Å². The molecule has 0 bridgehead atoms. The molecule has 0 unspecified atom stereocenters. The van der Waals surface area contributed by atoms with E-state index in [0.717, 1.165) is 15.3 Å². The molecule has 0 radical (unpaired) electrons. The molecule has 12 heteroatoms. The number of rotatable bonds is 9. The van der Waals surface area contributed by atoms with E-state index in [1.54, 1.807) is 56.7 Å². The topological polar surface area (TPSA) is 134 Å². The first-order valence-corrected chi connectivity index (χ1v) is 13.7. The van der Waals surface area contributed by atoms with Crippen molar-refractivity contribution in [1.29, 1.82) is 0 Å². The van der Waals surface area contributed by atoms with Gasteiger partial charge in [0.2, 0.25) is 27.7 Å². The Bertz CT molecular complexity index is 1480. The molecule has 1 aromatic heterocycles. The quantitative estimate of drug-likeness (QED) is 0.428. The summed E-state index contributed by atoms with van der Waals surface area (Å²) in [7, 11) is -2.67. The number of amides is 3. The van der Waals surface area contributed by atoms with E-state index in [0.29, 0.717) is 17.0 Å². The van der Waals surface area contributed by atoms with Crippen molar-refractivity contribution in [3.8, 4) is 0 Å². The van der Waals surface area contributed by atoms with E-state index in [1.165, 1.54) is 21.9 Å². The maximum atomic E-state index is 13.7. The second-order valence-corrected chi connectivity index (χ2v) is 11.6. The molecule has 0 saturated carbocycles. The molecule has 10 nitrogen and oxygen atoms in total. The van der Waals surface area contributed by atoms with Crippen molar-refractivity contribution in [3.63, 3.8) is 0 Å². The predicted octanol–water partition coefficient (Wildman–Crippen LogP) is 2.01. The Kier molecular flexibility index (Phi) is 8.00. The van der Waals surface area contributed by atoms with Gasteiger partial charge in [0.25, 0.3) is 0 Å². The molecule has 0 spiro atoms. The number of primary amides is 1. The van der Waals surface area contributed by atoms with Gasteiger partial charge >= 0.3 is 0 Å². The van der Waals surface area contributed by atoms with Crippen LogP contribution in [0.15, 0.2) is 65.8 Å². The molecule has 2 atom stereocenters. The van der Waals surface area contributed by atoms with Crippen LogP contribution in [0.4, 0.5) is 0 Å². The lowest BCUT2D eigenvalue weighted by molar-refractivity contribution is -0.143. The van der Waals surface area contributed by atoms with Gasteiger partial charge in [-0.25, -0.2) is 8.42 Å². The molecule has 3 aromatic rings. The number of likely N-dealkylation sites (N-methyl/N-ethyl adjacent to an activating group) is 1. The van der Waals surface area contributed by atoms with E-state index in [9.17, 15) is 22.8 Å². The monoisotopic (exact) mass is 557 g/mol. The minimum Gasteiger partial charge on any atom is -0.369 e. The van der Waals surface area contributed by atoms with Crippen molar-refractivity contribution >= 4 is 50.1 Å². The molecule has 2 heterocycles. The third-order valence-corrected chi connectivity index (χ3v) is 8.68. The number of nitrogens with zero attached hydrogens (tertiary/aromatic N) is 4. The molecule has 38 heavy (non-hydrogen) atoms. The van der Waals surface area contributed by atoms with Gasteiger partial charge in [-0.2, -0.15) is 4.31 Å². The molecular formula is C26H28ClN5O5S. The van der Waals surface area contributed by atoms with Crippen LogP contribution in [0.25, 0.3) is 10.8 Å². The molecule has 2 N–H and O–H groups in total. The lowest BCUT2D eigenvalue weighted by atomic mass is 10.1. The summed E-state index contributed by atoms with van der Waals surface area (Å²) in [4.78, 5) is 45.2. The first-order valence-electron chi connectivity index (χ1n) is 11.9. The van der Waals surface area contributed by atoms with Crippen LogP contribution in [0.1, 0.15) is 18.9 Å². The highest BCUT2D eigenvalue weighted by atomic mass is 35.5. The Hall–Kier alpha value is -3.54. The zero-order valence-corrected chi connectivity index (χ0v) is 22.5. The lowest BCUT2D eigenvalue weighted by Gasteiger charge is -2.30. The van der Waals surface area contributed by atoms with Crippen LogP contribution < -0.4 is 5.73 Å². The van der Waals surface area contributed by atoms with Crippen LogP contribution in [-0.2, 0) is 31.0 Å². The third kappa shape index (κ3) is 5.64. The highest BCUT2D eigenvalue weighted by Crippen LogP contribution is 2.29. The van der Waals surface area contributed by atoms with E-state index in [4.69, 9.17) is 17.3 Å². The standard InChI is InChI=1S/C26H28ClN5O5S/c1-17(25(34)30(2)15-18-4-3-10-29-14-18)31-11-9-23(26(31)35)32(16-24(28)33)38(36,37)22-8-6-19-12-21(27)7-5-20(19)13-22/h3-8,10,12-14,17,23H,9,11,15-16H2,1-2H3,(H2,28,33)/t17-,23-/m0/s1. The number of fused-ring (bicyclic) bond motifs is 1. The van der Waals surface area contributed by atoms with Gasteiger partial charge in [-0.15, -0.1) is 0 Å². The highest BCUT2D eigenvalue weighted by Gasteiger charge is 2.45. The fourth-order valence-electron chi connectivity index (χ4n) is 4.64. The van der Waals surface area contributed by atoms with Crippen molar-refractivity contribution in [2.45, 2.75) is 36.9 Å². The Balaban J connectivity index is 1.57. The molecule has 1 aliphatic rings. The van der Waals surface area contributed by atoms with Crippen LogP contribution in [-0.4, -0.2) is 77.4 Å². The number of likely N-dealkylation sites (tertiary alicyclic amines) is 1.